The molecule has 0 amide bonds. The molecule has 0 fully saturated rings. The van der Waals surface area contributed by atoms with Crippen molar-refractivity contribution in [2.24, 2.45) is 11.1 Å². The van der Waals surface area contributed by atoms with Gasteiger partial charge in [-0.1, -0.05) is 32.3 Å². The number of oxime groups is 1. The van der Waals surface area contributed by atoms with Crippen molar-refractivity contribution in [1.82, 2.24) is 0 Å². The largest absolute Gasteiger partial charge is 0.500 e. The van der Waals surface area contributed by atoms with Crippen molar-refractivity contribution in [3.8, 4) is 0 Å². The summed E-state index contributed by atoms with van der Waals surface area (Å²) in [6.45, 7) is 8.89. The van der Waals surface area contributed by atoms with Crippen LogP contribution in [0.25, 0.3) is 0 Å². The molecular weight excluding hydrogens is 310 g/mol. The molecule has 0 radical (unpaired) electrons. The minimum absolute atomic E-state index is 0.152. The number of thioether (sulfide) groups is 1. The van der Waals surface area contributed by atoms with Gasteiger partial charge in [0.15, 0.2) is 5.78 Å². The van der Waals surface area contributed by atoms with Crippen molar-refractivity contribution >= 4 is 23.3 Å². The average Bonchev–Trinajstić information content (AvgIpc) is 2.51. The highest BCUT2D eigenvalue weighted by molar-refractivity contribution is 7.99. The number of carbonyl (C=O) groups is 1. The first kappa shape index (κ1) is 20.1. The van der Waals surface area contributed by atoms with Gasteiger partial charge in [0.1, 0.15) is 12.4 Å². The number of hydrogen-bond donors (Lipinski definition) is 0. The Morgan fingerprint density at radius 1 is 1.35 bits per heavy atom. The zero-order valence-electron chi connectivity index (χ0n) is 15.2. The summed E-state index contributed by atoms with van der Waals surface area (Å²) in [7, 11) is 1.65. The first-order valence-electron chi connectivity index (χ1n) is 8.68. The normalized spacial score (nSPS) is 20.7. The molecule has 0 N–H and O–H groups in total. The molecule has 23 heavy (non-hydrogen) atoms. The van der Waals surface area contributed by atoms with Gasteiger partial charge in [0.05, 0.1) is 18.4 Å². The van der Waals surface area contributed by atoms with Gasteiger partial charge in [0, 0.05) is 18.1 Å². The molecule has 1 rings (SSSR count). The number of ketones is 1. The fourth-order valence-electron chi connectivity index (χ4n) is 3.05. The maximum atomic E-state index is 12.7. The van der Waals surface area contributed by atoms with Gasteiger partial charge in [-0.05, 0) is 31.4 Å². The quantitative estimate of drug-likeness (QED) is 0.431. The number of rotatable bonds is 10. The van der Waals surface area contributed by atoms with Crippen molar-refractivity contribution in [1.29, 1.82) is 0 Å². The lowest BCUT2D eigenvalue weighted by Gasteiger charge is -2.27. The standard InChI is InChI=1S/C18H31NO3S/c1-6-9-15(19-22-7-2)18-16(20)11-14(12-17(18)21-5)10-13(4)23-8-3/h13-14H,6-12H2,1-5H3/b19-15+. The number of nitrogens with zero attached hydrogens (tertiary/aromatic N) is 1. The van der Waals surface area contributed by atoms with E-state index in [9.17, 15) is 4.79 Å². The lowest BCUT2D eigenvalue weighted by atomic mass is 9.82. The van der Waals surface area contributed by atoms with Crippen LogP contribution in [0.2, 0.25) is 0 Å². The molecule has 0 saturated carbocycles. The molecule has 0 bridgehead atoms. The fourth-order valence-corrected chi connectivity index (χ4v) is 4.02. The fraction of sp³-hybridized carbons (Fsp3) is 0.778. The van der Waals surface area contributed by atoms with E-state index < -0.39 is 0 Å². The predicted molar refractivity (Wildman–Crippen MR) is 97.9 cm³/mol. The second-order valence-corrected chi connectivity index (χ2v) is 7.62. The molecule has 0 aromatic carbocycles. The molecular formula is C18H31NO3S. The molecule has 2 atom stereocenters. The van der Waals surface area contributed by atoms with Crippen LogP contribution in [0.3, 0.4) is 0 Å². The third-order valence-electron chi connectivity index (χ3n) is 3.95. The van der Waals surface area contributed by atoms with Gasteiger partial charge in [-0.2, -0.15) is 11.8 Å². The van der Waals surface area contributed by atoms with E-state index in [1.807, 2.05) is 18.7 Å². The third-order valence-corrected chi connectivity index (χ3v) is 5.04. The Morgan fingerprint density at radius 2 is 2.09 bits per heavy atom. The number of allylic oxidation sites excluding steroid dienone is 2. The summed E-state index contributed by atoms with van der Waals surface area (Å²) >= 11 is 1.95. The predicted octanol–water partition coefficient (Wildman–Crippen LogP) is 4.59. The Bertz CT molecular complexity index is 446. The molecule has 1 aliphatic rings. The Labute approximate surface area is 145 Å². The van der Waals surface area contributed by atoms with Crippen LogP contribution in [-0.2, 0) is 14.4 Å². The van der Waals surface area contributed by atoms with E-state index in [0.717, 1.165) is 42.9 Å². The van der Waals surface area contributed by atoms with Crippen LogP contribution in [0.5, 0.6) is 0 Å². The Hall–Kier alpha value is -0.970. The molecule has 0 aromatic rings. The summed E-state index contributed by atoms with van der Waals surface area (Å²) in [5.74, 6) is 2.41. The zero-order chi connectivity index (χ0) is 17.2. The molecule has 1 aliphatic carbocycles. The lowest BCUT2D eigenvalue weighted by Crippen LogP contribution is -2.26. The van der Waals surface area contributed by atoms with E-state index in [0.29, 0.717) is 29.8 Å². The topological polar surface area (TPSA) is 47.9 Å². The second-order valence-electron chi connectivity index (χ2n) is 5.91. The highest BCUT2D eigenvalue weighted by Gasteiger charge is 2.32. The molecule has 0 spiro atoms. The van der Waals surface area contributed by atoms with Gasteiger partial charge in [-0.15, -0.1) is 0 Å². The number of Topliss-reactive ketones (excluding diaryl/α,β-unsaturated/α-hetero) is 1. The highest BCUT2D eigenvalue weighted by Crippen LogP contribution is 2.34. The molecule has 4 nitrogen and oxygen atoms in total. The van der Waals surface area contributed by atoms with Gasteiger partial charge in [0.2, 0.25) is 0 Å². The molecule has 132 valence electrons. The van der Waals surface area contributed by atoms with Crippen molar-refractivity contribution < 1.29 is 14.4 Å². The smallest absolute Gasteiger partial charge is 0.168 e. The Morgan fingerprint density at radius 3 is 2.65 bits per heavy atom. The number of hydrogen-bond acceptors (Lipinski definition) is 5. The Balaban J connectivity index is 2.96. The summed E-state index contributed by atoms with van der Waals surface area (Å²) in [5.41, 5.74) is 1.40. The molecule has 0 aromatic heterocycles. The van der Waals surface area contributed by atoms with Gasteiger partial charge in [-0.25, -0.2) is 0 Å². The summed E-state index contributed by atoms with van der Waals surface area (Å²) in [4.78, 5) is 17.9. The minimum atomic E-state index is 0.152. The summed E-state index contributed by atoms with van der Waals surface area (Å²) in [5, 5.41) is 4.75. The van der Waals surface area contributed by atoms with Crippen LogP contribution < -0.4 is 0 Å². The van der Waals surface area contributed by atoms with E-state index in [1.54, 1.807) is 7.11 Å². The summed E-state index contributed by atoms with van der Waals surface area (Å²) < 4.78 is 5.57. The first-order valence-corrected chi connectivity index (χ1v) is 9.73. The van der Waals surface area contributed by atoms with Crippen molar-refractivity contribution in [3.63, 3.8) is 0 Å². The van der Waals surface area contributed by atoms with Crippen molar-refractivity contribution in [2.75, 3.05) is 19.5 Å². The molecule has 2 unspecified atom stereocenters. The average molecular weight is 342 g/mol. The summed E-state index contributed by atoms with van der Waals surface area (Å²) in [6, 6.07) is 0. The zero-order valence-corrected chi connectivity index (χ0v) is 16.0. The third kappa shape index (κ3) is 6.21. The monoisotopic (exact) mass is 341 g/mol. The van der Waals surface area contributed by atoms with Crippen LogP contribution in [-0.4, -0.2) is 36.2 Å². The molecule has 0 aliphatic heterocycles. The SMILES string of the molecule is CCC/C(=N\OCC)C1=C(OC)CC(CC(C)SCC)CC1=O. The van der Waals surface area contributed by atoms with Crippen LogP contribution >= 0.6 is 11.8 Å². The van der Waals surface area contributed by atoms with E-state index >= 15 is 0 Å². The van der Waals surface area contributed by atoms with E-state index in [-0.39, 0.29) is 5.78 Å². The molecule has 0 heterocycles. The van der Waals surface area contributed by atoms with E-state index in [2.05, 4.69) is 25.9 Å². The number of methoxy groups -OCH3 is 1. The van der Waals surface area contributed by atoms with Gasteiger partial charge in [0.25, 0.3) is 0 Å². The van der Waals surface area contributed by atoms with Crippen LogP contribution in [0, 0.1) is 5.92 Å². The lowest BCUT2D eigenvalue weighted by molar-refractivity contribution is -0.117. The Kier molecular flexibility index (Phi) is 9.37. The minimum Gasteiger partial charge on any atom is -0.500 e. The van der Waals surface area contributed by atoms with Gasteiger partial charge in [-0.3, -0.25) is 4.79 Å². The van der Waals surface area contributed by atoms with Gasteiger partial charge < -0.3 is 9.57 Å². The first-order chi connectivity index (χ1) is 11.1. The second kappa shape index (κ2) is 10.7. The van der Waals surface area contributed by atoms with Crippen LogP contribution in [0.4, 0.5) is 0 Å². The van der Waals surface area contributed by atoms with Crippen LogP contribution in [0.1, 0.15) is 59.8 Å². The molecule has 0 saturated heterocycles. The molecule has 5 heteroatoms. The number of carbonyl (C=O) groups excluding carboxylic acids is 1. The van der Waals surface area contributed by atoms with Crippen LogP contribution in [0.15, 0.2) is 16.5 Å². The van der Waals surface area contributed by atoms with E-state index in [1.165, 1.54) is 0 Å². The number of ether oxygens (including phenoxy) is 1. The maximum absolute atomic E-state index is 12.7. The van der Waals surface area contributed by atoms with Crippen molar-refractivity contribution in [2.45, 2.75) is 65.0 Å². The maximum Gasteiger partial charge on any atom is 0.168 e. The van der Waals surface area contributed by atoms with Gasteiger partial charge >= 0.3 is 0 Å². The van der Waals surface area contributed by atoms with Crippen molar-refractivity contribution in [3.05, 3.63) is 11.3 Å². The highest BCUT2D eigenvalue weighted by atomic mass is 32.2. The summed E-state index contributed by atoms with van der Waals surface area (Å²) in [6.07, 6.45) is 4.12. The van der Waals surface area contributed by atoms with E-state index in [4.69, 9.17) is 9.57 Å².